The van der Waals surface area contributed by atoms with Crippen LogP contribution in [0.3, 0.4) is 0 Å². The monoisotopic (exact) mass is 795 g/mol. The Bertz CT molecular complexity index is 1880. The Morgan fingerprint density at radius 3 is 2.21 bits per heavy atom. The summed E-state index contributed by atoms with van der Waals surface area (Å²) in [7, 11) is 0. The molecule has 3 saturated heterocycles. The molecule has 5 heterocycles. The first-order valence-electron chi connectivity index (χ1n) is 20.8. The Labute approximate surface area is 341 Å². The third-order valence-electron chi connectivity index (χ3n) is 12.3. The van der Waals surface area contributed by atoms with Gasteiger partial charge in [-0.05, 0) is 105 Å². The number of fused-ring (bicyclic) bond motifs is 1. The van der Waals surface area contributed by atoms with Gasteiger partial charge in [-0.3, -0.25) is 19.5 Å². The number of hydrogen-bond donors (Lipinski definition) is 2. The topological polar surface area (TPSA) is 148 Å². The normalized spacial score (nSPS) is 19.2. The van der Waals surface area contributed by atoms with Crippen LogP contribution in [-0.4, -0.2) is 142 Å². The number of rotatable bonds is 11. The molecule has 310 valence electrons. The van der Waals surface area contributed by atoms with Crippen molar-refractivity contribution in [3.8, 4) is 5.75 Å². The van der Waals surface area contributed by atoms with Crippen molar-refractivity contribution in [2.45, 2.75) is 83.6 Å². The van der Waals surface area contributed by atoms with E-state index >= 15 is 0 Å². The minimum atomic E-state index is -1.02. The van der Waals surface area contributed by atoms with Crippen molar-refractivity contribution in [1.29, 1.82) is 0 Å². The number of aromatic nitrogens is 1. The van der Waals surface area contributed by atoms with Gasteiger partial charge < -0.3 is 39.5 Å². The summed E-state index contributed by atoms with van der Waals surface area (Å²) in [6.45, 7) is 10.4. The highest BCUT2D eigenvalue weighted by Crippen LogP contribution is 2.27. The number of benzene rings is 2. The largest absolute Gasteiger partial charge is 0.507 e. The van der Waals surface area contributed by atoms with Crippen molar-refractivity contribution >= 4 is 29.7 Å². The van der Waals surface area contributed by atoms with Crippen molar-refractivity contribution in [2.24, 2.45) is 0 Å². The third kappa shape index (κ3) is 10.3. The number of phenolic OH excluding ortho intramolecular Hbond substituents is 1. The molecule has 14 nitrogen and oxygen atoms in total. The first-order chi connectivity index (χ1) is 28.1. The summed E-state index contributed by atoms with van der Waals surface area (Å²) in [5.41, 5.74) is 5.11. The van der Waals surface area contributed by atoms with Crippen molar-refractivity contribution in [2.75, 3.05) is 70.8 Å². The Morgan fingerprint density at radius 1 is 0.828 bits per heavy atom. The number of urea groups is 1. The second kappa shape index (κ2) is 19.0. The molecule has 2 N–H and O–H groups in total. The zero-order valence-electron chi connectivity index (χ0n) is 33.8. The van der Waals surface area contributed by atoms with E-state index in [4.69, 9.17) is 9.47 Å². The Morgan fingerprint density at radius 2 is 1.50 bits per heavy atom. The Hall–Kier alpha value is -5.21. The minimum absolute atomic E-state index is 0.00508. The number of nitrogens with one attached hydrogen (secondary N) is 1. The molecule has 2 aromatic carbocycles. The van der Waals surface area contributed by atoms with Crippen molar-refractivity contribution in [3.63, 3.8) is 0 Å². The summed E-state index contributed by atoms with van der Waals surface area (Å²) < 4.78 is 11.5. The van der Waals surface area contributed by atoms with Crippen LogP contribution in [0.15, 0.2) is 60.9 Å². The number of esters is 1. The highest BCUT2D eigenvalue weighted by Gasteiger charge is 2.36. The molecule has 4 aliphatic heterocycles. The number of amides is 4. The number of pyridine rings is 1. The lowest BCUT2D eigenvalue weighted by atomic mass is 10.00. The second-order valence-electron chi connectivity index (χ2n) is 16.1. The number of para-hydroxylation sites is 1. The molecule has 1 aromatic heterocycles. The quantitative estimate of drug-likeness (QED) is 0.261. The van der Waals surface area contributed by atoms with E-state index in [9.17, 15) is 24.3 Å². The number of phenols is 1. The predicted molar refractivity (Wildman–Crippen MR) is 218 cm³/mol. The van der Waals surface area contributed by atoms with Crippen LogP contribution in [0, 0.1) is 13.8 Å². The lowest BCUT2D eigenvalue weighted by Crippen LogP contribution is -2.56. The summed E-state index contributed by atoms with van der Waals surface area (Å²) in [6, 6.07) is 15.5. The van der Waals surface area contributed by atoms with Gasteiger partial charge in [0.15, 0.2) is 6.10 Å². The molecule has 0 spiro atoms. The van der Waals surface area contributed by atoms with Crippen molar-refractivity contribution < 1.29 is 33.8 Å². The SMILES string of the molecule is Cc1cc(C[C@@H](OC(=O)N2CCC(N3CCc4ccccc4NC3=O)CC2)C(=O)N2CCN(C3CCN(CCC(=O)OCc4ccncc4)CC3)CC2)cc(C)c1O. The van der Waals surface area contributed by atoms with Crippen LogP contribution < -0.4 is 5.32 Å². The van der Waals surface area contributed by atoms with Gasteiger partial charge in [-0.15, -0.1) is 0 Å². The van der Waals surface area contributed by atoms with E-state index in [-0.39, 0.29) is 42.7 Å². The summed E-state index contributed by atoms with van der Waals surface area (Å²) in [6.07, 6.45) is 6.38. The van der Waals surface area contributed by atoms with Gasteiger partial charge in [-0.25, -0.2) is 9.59 Å². The number of aryl methyl sites for hydroxylation is 2. The molecular formula is C44H57N7O7. The molecule has 0 radical (unpaired) electrons. The fraction of sp³-hybridized carbons (Fsp3) is 0.523. The van der Waals surface area contributed by atoms with Crippen LogP contribution in [0.5, 0.6) is 5.75 Å². The molecule has 1 atom stereocenters. The molecule has 4 amide bonds. The molecule has 3 aromatic rings. The highest BCUT2D eigenvalue weighted by atomic mass is 16.6. The molecule has 7 rings (SSSR count). The minimum Gasteiger partial charge on any atom is -0.507 e. The van der Waals surface area contributed by atoms with Crippen LogP contribution in [0.1, 0.15) is 59.9 Å². The number of hydrogen-bond acceptors (Lipinski definition) is 10. The van der Waals surface area contributed by atoms with E-state index in [1.54, 1.807) is 17.3 Å². The van der Waals surface area contributed by atoms with Crippen LogP contribution in [-0.2, 0) is 38.5 Å². The maximum absolute atomic E-state index is 14.2. The van der Waals surface area contributed by atoms with E-state index in [1.807, 2.05) is 72.2 Å². The van der Waals surface area contributed by atoms with Crippen molar-refractivity contribution in [3.05, 3.63) is 88.7 Å². The maximum Gasteiger partial charge on any atom is 0.410 e. The highest BCUT2D eigenvalue weighted by molar-refractivity contribution is 5.91. The summed E-state index contributed by atoms with van der Waals surface area (Å²) in [5, 5.41) is 13.5. The van der Waals surface area contributed by atoms with Gasteiger partial charge in [0.05, 0.1) is 6.42 Å². The predicted octanol–water partition coefficient (Wildman–Crippen LogP) is 4.75. The van der Waals surface area contributed by atoms with Crippen LogP contribution in [0.4, 0.5) is 15.3 Å². The number of piperazine rings is 1. The van der Waals surface area contributed by atoms with Crippen LogP contribution >= 0.6 is 0 Å². The van der Waals surface area contributed by atoms with Gasteiger partial charge in [0.2, 0.25) is 0 Å². The third-order valence-corrected chi connectivity index (χ3v) is 12.3. The standard InChI is InChI=1S/C44H57N7O7/c1-31-27-34(28-32(2)41(31)53)29-39(58-44(56)50-20-12-37(13-21-50)51-22-9-35-5-3-4-6-38(35)46-43(51)55)42(54)49-25-23-48(24-26-49)36-10-17-47(18-11-36)19-14-40(52)57-30-33-7-15-45-16-8-33/h3-8,15-16,27-28,36-37,39,53H,9-14,17-26,29-30H2,1-2H3,(H,46,55)/t39-/m1/s1. The molecule has 0 saturated carbocycles. The lowest BCUT2D eigenvalue weighted by molar-refractivity contribution is -0.145. The van der Waals surface area contributed by atoms with Crippen LogP contribution in [0.25, 0.3) is 0 Å². The lowest BCUT2D eigenvalue weighted by Gasteiger charge is -2.43. The number of likely N-dealkylation sites (tertiary alicyclic amines) is 2. The van der Waals surface area contributed by atoms with E-state index in [1.165, 1.54) is 0 Å². The van der Waals surface area contributed by atoms with Gasteiger partial charge in [0.1, 0.15) is 12.4 Å². The first kappa shape index (κ1) is 41.0. The van der Waals surface area contributed by atoms with E-state index in [0.717, 1.165) is 67.8 Å². The average molecular weight is 796 g/mol. The van der Waals surface area contributed by atoms with Gasteiger partial charge >= 0.3 is 18.1 Å². The smallest absolute Gasteiger partial charge is 0.410 e. The van der Waals surface area contributed by atoms with Gasteiger partial charge in [-0.2, -0.15) is 0 Å². The second-order valence-corrected chi connectivity index (χ2v) is 16.1. The van der Waals surface area contributed by atoms with Gasteiger partial charge in [0.25, 0.3) is 5.91 Å². The Balaban J connectivity index is 0.896. The van der Waals surface area contributed by atoms with Crippen LogP contribution in [0.2, 0.25) is 0 Å². The van der Waals surface area contributed by atoms with E-state index in [0.29, 0.717) is 75.7 Å². The van der Waals surface area contributed by atoms with Gasteiger partial charge in [0, 0.05) is 88.9 Å². The summed E-state index contributed by atoms with van der Waals surface area (Å²) in [4.78, 5) is 67.6. The molecule has 0 bridgehead atoms. The Kier molecular flexibility index (Phi) is 13.4. The number of nitrogens with zero attached hydrogens (tertiary/aromatic N) is 6. The number of aromatic hydroxyl groups is 1. The fourth-order valence-corrected chi connectivity index (χ4v) is 8.83. The summed E-state index contributed by atoms with van der Waals surface area (Å²) in [5.74, 6) is -0.192. The zero-order valence-corrected chi connectivity index (χ0v) is 33.8. The molecule has 58 heavy (non-hydrogen) atoms. The number of anilines is 1. The molecule has 4 aliphatic rings. The number of ether oxygens (including phenoxy) is 2. The first-order valence-corrected chi connectivity index (χ1v) is 20.8. The van der Waals surface area contributed by atoms with E-state index < -0.39 is 12.2 Å². The zero-order chi connectivity index (χ0) is 40.6. The van der Waals surface area contributed by atoms with Gasteiger partial charge in [-0.1, -0.05) is 30.3 Å². The number of carbonyl (C=O) groups is 4. The van der Waals surface area contributed by atoms with Crippen molar-refractivity contribution in [1.82, 2.24) is 29.5 Å². The fourth-order valence-electron chi connectivity index (χ4n) is 8.83. The molecule has 0 unspecified atom stereocenters. The molecule has 0 aliphatic carbocycles. The average Bonchev–Trinajstić information content (AvgIpc) is 3.42. The number of piperidine rings is 2. The summed E-state index contributed by atoms with van der Waals surface area (Å²) >= 11 is 0. The molecule has 14 heteroatoms. The molecule has 3 fully saturated rings. The molecular weight excluding hydrogens is 739 g/mol. The number of carbonyl (C=O) groups excluding carboxylic acids is 4. The van der Waals surface area contributed by atoms with E-state index in [2.05, 4.69) is 20.1 Å². The maximum atomic E-state index is 14.2.